The third kappa shape index (κ3) is 1.77. The molecule has 0 saturated carbocycles. The molecule has 1 aliphatic rings. The number of halogens is 4. The van der Waals surface area contributed by atoms with Crippen molar-refractivity contribution in [1.82, 2.24) is 0 Å². The van der Waals surface area contributed by atoms with Gasteiger partial charge in [-0.15, -0.1) is 0 Å². The van der Waals surface area contributed by atoms with Crippen molar-refractivity contribution in [3.05, 3.63) is 33.8 Å². The molecule has 0 amide bonds. The fourth-order valence-electron chi connectivity index (χ4n) is 1.15. The fraction of sp³-hybridized carbons (Fsp3) is 0.111. The molecule has 0 fully saturated rings. The molecule has 0 unspecified atom stereocenters. The van der Waals surface area contributed by atoms with Gasteiger partial charge in [-0.2, -0.15) is 8.78 Å². The van der Waals surface area contributed by atoms with Gasteiger partial charge in [0.05, 0.1) is 9.26 Å². The molecule has 80 valence electrons. The normalized spacial score (nSPS) is 17.7. The van der Waals surface area contributed by atoms with Gasteiger partial charge < -0.3 is 10.1 Å². The highest BCUT2D eigenvalue weighted by atomic mass is 127. The van der Waals surface area contributed by atoms with E-state index in [-0.39, 0.29) is 11.4 Å². The summed E-state index contributed by atoms with van der Waals surface area (Å²) in [5.74, 6) is -0.815. The molecule has 1 heterocycles. The Labute approximate surface area is 97.3 Å². The lowest BCUT2D eigenvalue weighted by Gasteiger charge is -2.28. The number of nitrogens with one attached hydrogen (secondary N) is 1. The average molecular weight is 327 g/mol. The molecule has 2 rings (SSSR count). The molecule has 15 heavy (non-hydrogen) atoms. The van der Waals surface area contributed by atoms with Crippen molar-refractivity contribution < 1.29 is 17.9 Å². The highest BCUT2D eigenvalue weighted by Gasteiger charge is 2.41. The van der Waals surface area contributed by atoms with Crippen LogP contribution < -0.4 is 10.1 Å². The number of benzene rings is 1. The van der Waals surface area contributed by atoms with E-state index in [1.54, 1.807) is 22.6 Å². The Bertz CT molecular complexity index is 447. The number of hydrogen-bond acceptors (Lipinski definition) is 2. The molecule has 1 aromatic carbocycles. The topological polar surface area (TPSA) is 21.3 Å². The maximum absolute atomic E-state index is 13.1. The van der Waals surface area contributed by atoms with E-state index in [9.17, 15) is 13.2 Å². The number of ether oxygens (including phenoxy) is 1. The largest absolute Gasteiger partial charge is 0.441 e. The minimum Gasteiger partial charge on any atom is -0.425 e. The van der Waals surface area contributed by atoms with Crippen LogP contribution in [0.25, 0.3) is 0 Å². The van der Waals surface area contributed by atoms with Crippen molar-refractivity contribution in [2.45, 2.75) is 6.11 Å². The van der Waals surface area contributed by atoms with Crippen molar-refractivity contribution in [3.8, 4) is 5.75 Å². The molecule has 2 nitrogen and oxygen atoms in total. The fourth-order valence-corrected chi connectivity index (χ4v) is 1.61. The van der Waals surface area contributed by atoms with Crippen LogP contribution in [0, 0.1) is 9.39 Å². The van der Waals surface area contributed by atoms with Gasteiger partial charge in [0.15, 0.2) is 5.75 Å². The molecule has 0 saturated heterocycles. The van der Waals surface area contributed by atoms with E-state index in [0.29, 0.717) is 3.57 Å². The Morgan fingerprint density at radius 3 is 2.73 bits per heavy atom. The molecule has 0 bridgehead atoms. The number of fused-ring (bicyclic) bond motifs is 1. The number of alkyl halides is 2. The van der Waals surface area contributed by atoms with Crippen molar-refractivity contribution in [3.63, 3.8) is 0 Å². The van der Waals surface area contributed by atoms with Gasteiger partial charge in [0, 0.05) is 6.07 Å². The molecule has 1 aromatic rings. The summed E-state index contributed by atoms with van der Waals surface area (Å²) in [5.41, 5.74) is -0.269. The molecule has 6 heteroatoms. The van der Waals surface area contributed by atoms with Gasteiger partial charge in [0.2, 0.25) is 0 Å². The summed E-state index contributed by atoms with van der Waals surface area (Å²) in [4.78, 5) is 0. The summed E-state index contributed by atoms with van der Waals surface area (Å²) in [6.07, 6.45) is -3.51. The molecular weight excluding hydrogens is 322 g/mol. The molecule has 0 aromatic heterocycles. The second kappa shape index (κ2) is 3.29. The predicted molar refractivity (Wildman–Crippen MR) is 57.5 cm³/mol. The van der Waals surface area contributed by atoms with Crippen LogP contribution >= 0.6 is 22.6 Å². The van der Waals surface area contributed by atoms with Crippen molar-refractivity contribution in [1.29, 1.82) is 0 Å². The summed E-state index contributed by atoms with van der Waals surface area (Å²) in [5, 5.41) is 2.38. The summed E-state index contributed by atoms with van der Waals surface area (Å²) < 4.78 is 43.7. The van der Waals surface area contributed by atoms with Crippen LogP contribution in [0.3, 0.4) is 0 Å². The van der Waals surface area contributed by atoms with Crippen molar-refractivity contribution in [2.75, 3.05) is 5.32 Å². The molecule has 0 aliphatic carbocycles. The Morgan fingerprint density at radius 2 is 2.07 bits per heavy atom. The minimum atomic E-state index is -3.51. The smallest absolute Gasteiger partial charge is 0.425 e. The summed E-state index contributed by atoms with van der Waals surface area (Å²) in [6, 6.07) is 2.30. The first-order valence-electron chi connectivity index (χ1n) is 3.92. The van der Waals surface area contributed by atoms with Crippen LogP contribution in [0.15, 0.2) is 24.4 Å². The van der Waals surface area contributed by atoms with E-state index in [4.69, 9.17) is 0 Å². The Morgan fingerprint density at radius 1 is 1.40 bits per heavy atom. The van der Waals surface area contributed by atoms with E-state index in [2.05, 4.69) is 16.6 Å². The monoisotopic (exact) mass is 327 g/mol. The zero-order chi connectivity index (χ0) is 11.2. The van der Waals surface area contributed by atoms with Gasteiger partial charge >= 0.3 is 6.11 Å². The first-order valence-corrected chi connectivity index (χ1v) is 5.00. The first-order chi connectivity index (χ1) is 6.90. The third-order valence-corrected chi connectivity index (χ3v) is 2.72. The Kier molecular flexibility index (Phi) is 2.32. The predicted octanol–water partition coefficient (Wildman–Crippen LogP) is 3.34. The van der Waals surface area contributed by atoms with Crippen LogP contribution in [0.2, 0.25) is 0 Å². The lowest BCUT2D eigenvalue weighted by Crippen LogP contribution is -2.34. The quantitative estimate of drug-likeness (QED) is 0.738. The zero-order valence-corrected chi connectivity index (χ0v) is 9.44. The van der Waals surface area contributed by atoms with E-state index >= 15 is 0 Å². The van der Waals surface area contributed by atoms with Crippen LogP contribution in [-0.2, 0) is 0 Å². The van der Waals surface area contributed by atoms with Crippen molar-refractivity contribution in [2.24, 2.45) is 0 Å². The van der Waals surface area contributed by atoms with Gasteiger partial charge in [-0.25, -0.2) is 4.39 Å². The first kappa shape index (κ1) is 10.6. The van der Waals surface area contributed by atoms with Gasteiger partial charge in [-0.05, 0) is 28.7 Å². The summed E-state index contributed by atoms with van der Waals surface area (Å²) in [7, 11) is 0. The highest BCUT2D eigenvalue weighted by Crippen LogP contribution is 2.40. The SMILES string of the molecule is C=C1Nc2cc(I)c(F)cc2OC1(F)F. The van der Waals surface area contributed by atoms with Gasteiger partial charge in [0.25, 0.3) is 0 Å². The molecular formula is C9H5F3INO. The van der Waals surface area contributed by atoms with Crippen LogP contribution in [0.4, 0.5) is 18.9 Å². The van der Waals surface area contributed by atoms with E-state index in [1.807, 2.05) is 0 Å². The molecule has 1 N–H and O–H groups in total. The van der Waals surface area contributed by atoms with Crippen LogP contribution in [0.5, 0.6) is 5.75 Å². The molecule has 0 atom stereocenters. The maximum Gasteiger partial charge on any atom is 0.441 e. The second-order valence-corrected chi connectivity index (χ2v) is 4.15. The standard InChI is InChI=1S/C9H5F3INO/c1-4-9(11,12)15-8-2-5(10)6(13)3-7(8)14-4/h2-3,14H,1H2. The molecule has 0 spiro atoms. The van der Waals surface area contributed by atoms with Gasteiger partial charge in [0.1, 0.15) is 11.5 Å². The van der Waals surface area contributed by atoms with Crippen LogP contribution in [0.1, 0.15) is 0 Å². The number of hydrogen-bond donors (Lipinski definition) is 1. The Balaban J connectivity index is 2.51. The summed E-state index contributed by atoms with van der Waals surface area (Å²) in [6.45, 7) is 3.14. The zero-order valence-electron chi connectivity index (χ0n) is 7.28. The lowest BCUT2D eigenvalue weighted by molar-refractivity contribution is -0.143. The maximum atomic E-state index is 13.1. The molecule has 1 aliphatic heterocycles. The van der Waals surface area contributed by atoms with E-state index in [1.165, 1.54) is 6.07 Å². The summed E-state index contributed by atoms with van der Waals surface area (Å²) >= 11 is 1.76. The highest BCUT2D eigenvalue weighted by molar-refractivity contribution is 14.1. The van der Waals surface area contributed by atoms with Crippen molar-refractivity contribution >= 4 is 28.3 Å². The lowest BCUT2D eigenvalue weighted by atomic mass is 10.2. The van der Waals surface area contributed by atoms with Gasteiger partial charge in [-0.3, -0.25) is 0 Å². The minimum absolute atomic E-state index is 0.217. The number of anilines is 1. The van der Waals surface area contributed by atoms with E-state index < -0.39 is 17.6 Å². The van der Waals surface area contributed by atoms with E-state index in [0.717, 1.165) is 6.07 Å². The third-order valence-electron chi connectivity index (χ3n) is 1.90. The Hall–Kier alpha value is -0.920. The average Bonchev–Trinajstić information content (AvgIpc) is 2.11. The van der Waals surface area contributed by atoms with Crippen LogP contribution in [-0.4, -0.2) is 6.11 Å². The molecule has 0 radical (unpaired) electrons. The second-order valence-electron chi connectivity index (χ2n) is 2.98. The van der Waals surface area contributed by atoms with Gasteiger partial charge in [-0.1, -0.05) is 6.58 Å². The number of rotatable bonds is 0.